The van der Waals surface area contributed by atoms with Crippen LogP contribution < -0.4 is 10.2 Å². The summed E-state index contributed by atoms with van der Waals surface area (Å²) in [6.45, 7) is 2.82. The third-order valence-electron chi connectivity index (χ3n) is 6.69. The fourth-order valence-electron chi connectivity index (χ4n) is 5.09. The minimum Gasteiger partial charge on any atom is -0.391 e. The molecule has 6 heteroatoms. The second kappa shape index (κ2) is 7.76. The van der Waals surface area contributed by atoms with Gasteiger partial charge in [0.05, 0.1) is 6.10 Å². The predicted molar refractivity (Wildman–Crippen MR) is 116 cm³/mol. The van der Waals surface area contributed by atoms with E-state index >= 15 is 0 Å². The zero-order chi connectivity index (χ0) is 21.5. The van der Waals surface area contributed by atoms with Crippen molar-refractivity contribution < 1.29 is 14.7 Å². The number of amides is 2. The van der Waals surface area contributed by atoms with E-state index in [2.05, 4.69) is 17.4 Å². The topological polar surface area (TPSA) is 72.9 Å². The first kappa shape index (κ1) is 20.4. The van der Waals surface area contributed by atoms with Crippen LogP contribution in [0.4, 0.5) is 5.69 Å². The molecule has 0 aromatic heterocycles. The molecule has 2 aromatic rings. The van der Waals surface area contributed by atoms with Crippen molar-refractivity contribution in [2.45, 2.75) is 18.9 Å². The van der Waals surface area contributed by atoms with Crippen molar-refractivity contribution in [1.82, 2.24) is 10.2 Å². The number of rotatable bonds is 5. The van der Waals surface area contributed by atoms with Crippen molar-refractivity contribution in [2.24, 2.45) is 11.3 Å². The lowest BCUT2D eigenvalue weighted by atomic mass is 9.95. The predicted octanol–water partition coefficient (Wildman–Crippen LogP) is 2.11. The van der Waals surface area contributed by atoms with Crippen LogP contribution in [-0.4, -0.2) is 61.7 Å². The van der Waals surface area contributed by atoms with Gasteiger partial charge in [-0.2, -0.15) is 0 Å². The minimum atomic E-state index is -0.619. The van der Waals surface area contributed by atoms with E-state index in [-0.39, 0.29) is 23.7 Å². The molecule has 1 saturated carbocycles. The third kappa shape index (κ3) is 3.45. The molecule has 2 N–H and O–H groups in total. The highest BCUT2D eigenvalue weighted by Gasteiger charge is 2.71. The molecule has 1 heterocycles. The van der Waals surface area contributed by atoms with Crippen molar-refractivity contribution in [3.05, 3.63) is 65.7 Å². The Balaban J connectivity index is 1.56. The van der Waals surface area contributed by atoms with E-state index < -0.39 is 11.5 Å². The summed E-state index contributed by atoms with van der Waals surface area (Å²) in [5, 5.41) is 14.0. The number of aliphatic hydroxyl groups is 1. The van der Waals surface area contributed by atoms with Crippen LogP contribution in [0.3, 0.4) is 0 Å². The fraction of sp³-hybridized carbons (Fsp3) is 0.417. The van der Waals surface area contributed by atoms with Gasteiger partial charge in [0, 0.05) is 57.3 Å². The van der Waals surface area contributed by atoms with Gasteiger partial charge in [-0.25, -0.2) is 0 Å². The Bertz CT molecular complexity index is 928. The van der Waals surface area contributed by atoms with Crippen molar-refractivity contribution in [1.29, 1.82) is 0 Å². The summed E-state index contributed by atoms with van der Waals surface area (Å²) in [5.41, 5.74) is 2.39. The number of carbonyl (C=O) groups is 2. The number of carbonyl (C=O) groups excluding carboxylic acids is 2. The van der Waals surface area contributed by atoms with Crippen molar-refractivity contribution in [3.63, 3.8) is 0 Å². The fourth-order valence-corrected chi connectivity index (χ4v) is 5.09. The van der Waals surface area contributed by atoms with Gasteiger partial charge in [0.25, 0.3) is 5.91 Å². The van der Waals surface area contributed by atoms with E-state index in [1.54, 1.807) is 4.90 Å². The van der Waals surface area contributed by atoms with Crippen LogP contribution in [-0.2, 0) is 4.79 Å². The van der Waals surface area contributed by atoms with Crippen molar-refractivity contribution in [2.75, 3.05) is 38.6 Å². The maximum Gasteiger partial charge on any atom is 0.253 e. The largest absolute Gasteiger partial charge is 0.391 e. The molecular weight excluding hydrogens is 378 g/mol. The number of anilines is 1. The average Bonchev–Trinajstić information content (AvgIpc) is 3.26. The second-order valence-electron chi connectivity index (χ2n) is 8.69. The number of benzene rings is 2. The Morgan fingerprint density at radius 1 is 1.13 bits per heavy atom. The molecule has 1 aliphatic heterocycles. The van der Waals surface area contributed by atoms with E-state index in [0.717, 1.165) is 11.3 Å². The number of nitrogens with zero attached hydrogens (tertiary/aromatic N) is 2. The van der Waals surface area contributed by atoms with Crippen LogP contribution in [0, 0.1) is 11.3 Å². The van der Waals surface area contributed by atoms with Crippen molar-refractivity contribution in [3.8, 4) is 0 Å². The number of nitrogens with one attached hydrogen (secondary N) is 1. The zero-order valence-electron chi connectivity index (χ0n) is 17.7. The Hall–Kier alpha value is -2.86. The molecule has 0 radical (unpaired) electrons. The van der Waals surface area contributed by atoms with Gasteiger partial charge in [-0.1, -0.05) is 30.3 Å². The Morgan fingerprint density at radius 2 is 1.80 bits per heavy atom. The highest BCUT2D eigenvalue weighted by molar-refractivity contribution is 5.95. The van der Waals surface area contributed by atoms with Crippen LogP contribution in [0.15, 0.2) is 54.6 Å². The number of hydrogen-bond donors (Lipinski definition) is 2. The zero-order valence-corrected chi connectivity index (χ0v) is 17.7. The summed E-state index contributed by atoms with van der Waals surface area (Å²) in [4.78, 5) is 28.4. The maximum absolute atomic E-state index is 13.1. The molecule has 2 aliphatic rings. The summed E-state index contributed by atoms with van der Waals surface area (Å²) < 4.78 is 0. The first-order chi connectivity index (χ1) is 14.3. The molecule has 4 atom stereocenters. The molecule has 0 unspecified atom stereocenters. The summed E-state index contributed by atoms with van der Waals surface area (Å²) in [6.07, 6.45) is -0.619. The van der Waals surface area contributed by atoms with Gasteiger partial charge >= 0.3 is 0 Å². The van der Waals surface area contributed by atoms with Gasteiger partial charge in [-0.05, 0) is 41.7 Å². The molecule has 158 valence electrons. The van der Waals surface area contributed by atoms with E-state index in [1.165, 1.54) is 6.92 Å². The molecule has 2 amide bonds. The molecule has 4 rings (SSSR count). The quantitative estimate of drug-likeness (QED) is 0.796. The summed E-state index contributed by atoms with van der Waals surface area (Å²) in [6, 6.07) is 17.6. The van der Waals surface area contributed by atoms with Gasteiger partial charge in [-0.3, -0.25) is 9.59 Å². The third-order valence-corrected chi connectivity index (χ3v) is 6.69. The average molecular weight is 408 g/mol. The molecule has 30 heavy (non-hydrogen) atoms. The molecule has 2 fully saturated rings. The summed E-state index contributed by atoms with van der Waals surface area (Å²) in [7, 11) is 3.92. The second-order valence-corrected chi connectivity index (χ2v) is 8.69. The highest BCUT2D eigenvalue weighted by Crippen LogP contribution is 2.68. The molecule has 0 bridgehead atoms. The molecule has 2 aromatic carbocycles. The Morgan fingerprint density at radius 3 is 2.40 bits per heavy atom. The number of β-amino-alcohol motifs (C(OH)–C–C–N with tert-alkyl or cyclic N) is 1. The number of aliphatic hydroxyl groups excluding tert-OH is 1. The Kier molecular flexibility index (Phi) is 5.28. The molecule has 1 aliphatic carbocycles. The lowest BCUT2D eigenvalue weighted by Gasteiger charge is -2.18. The van der Waals surface area contributed by atoms with Gasteiger partial charge < -0.3 is 20.2 Å². The Labute approximate surface area is 177 Å². The summed E-state index contributed by atoms with van der Waals surface area (Å²) >= 11 is 0. The molecule has 1 saturated heterocycles. The maximum atomic E-state index is 13.1. The first-order valence-electron chi connectivity index (χ1n) is 10.4. The first-order valence-corrected chi connectivity index (χ1v) is 10.4. The molecule has 1 spiro atoms. The van der Waals surface area contributed by atoms with Crippen LogP contribution in [0.25, 0.3) is 0 Å². The normalized spacial score (nSPS) is 27.2. The highest BCUT2D eigenvalue weighted by atomic mass is 16.3. The van der Waals surface area contributed by atoms with Crippen LogP contribution in [0.5, 0.6) is 0 Å². The lowest BCUT2D eigenvalue weighted by Crippen LogP contribution is -2.30. The summed E-state index contributed by atoms with van der Waals surface area (Å²) in [5.74, 6) is 0.0840. The SMILES string of the molecule is CC(=O)NC[C@@H]1[C@@H](c2ccccc2)[C@]12CN(C(=O)c1ccc(N(C)C)cc1)C[C@@H]2O. The van der Waals surface area contributed by atoms with Crippen LogP contribution in [0.1, 0.15) is 28.8 Å². The molecular formula is C24H29N3O3. The van der Waals surface area contributed by atoms with Crippen LogP contribution in [0.2, 0.25) is 0 Å². The van der Waals surface area contributed by atoms with Gasteiger partial charge in [0.15, 0.2) is 0 Å². The van der Waals surface area contributed by atoms with E-state index in [4.69, 9.17) is 0 Å². The number of likely N-dealkylation sites (tertiary alicyclic amines) is 1. The van der Waals surface area contributed by atoms with Gasteiger partial charge in [0.1, 0.15) is 0 Å². The van der Waals surface area contributed by atoms with E-state index in [0.29, 0.717) is 25.2 Å². The van der Waals surface area contributed by atoms with Crippen molar-refractivity contribution >= 4 is 17.5 Å². The van der Waals surface area contributed by atoms with E-state index in [9.17, 15) is 14.7 Å². The lowest BCUT2D eigenvalue weighted by molar-refractivity contribution is -0.119. The van der Waals surface area contributed by atoms with E-state index in [1.807, 2.05) is 61.5 Å². The smallest absolute Gasteiger partial charge is 0.253 e. The van der Waals surface area contributed by atoms with Crippen LogP contribution >= 0.6 is 0 Å². The molecule has 6 nitrogen and oxygen atoms in total. The minimum absolute atomic E-state index is 0.0618. The number of hydrogen-bond acceptors (Lipinski definition) is 4. The monoisotopic (exact) mass is 407 g/mol. The van der Waals surface area contributed by atoms with Gasteiger partial charge in [0.2, 0.25) is 5.91 Å². The standard InChI is InChI=1S/C24H29N3O3/c1-16(28)25-13-20-22(17-7-5-4-6-8-17)24(20)15-27(14-21(24)29)23(30)18-9-11-19(12-10-18)26(2)3/h4-12,20-22,29H,13-15H2,1-3H3,(H,25,28)/t20-,21+,22-,24-/m1/s1. The van der Waals surface area contributed by atoms with Gasteiger partial charge in [-0.15, -0.1) is 0 Å².